The lowest BCUT2D eigenvalue weighted by Gasteiger charge is -2.11. The third kappa shape index (κ3) is 1.56. The highest BCUT2D eigenvalue weighted by molar-refractivity contribution is 5.31. The van der Waals surface area contributed by atoms with Crippen molar-refractivity contribution in [2.75, 3.05) is 5.43 Å². The van der Waals surface area contributed by atoms with E-state index in [0.717, 1.165) is 4.57 Å². The van der Waals surface area contributed by atoms with Crippen LogP contribution in [0.3, 0.4) is 0 Å². The summed E-state index contributed by atoms with van der Waals surface area (Å²) in [7, 11) is 0. The van der Waals surface area contributed by atoms with E-state index in [1.807, 2.05) is 6.92 Å². The second-order valence-electron chi connectivity index (χ2n) is 2.78. The molecule has 78 valence electrons. The van der Waals surface area contributed by atoms with E-state index in [-0.39, 0.29) is 11.2 Å². The highest BCUT2D eigenvalue weighted by Crippen LogP contribution is 1.97. The summed E-state index contributed by atoms with van der Waals surface area (Å²) < 4.78 is 2.56. The number of hydrazine groups is 1. The van der Waals surface area contributed by atoms with Gasteiger partial charge in [-0.05, 0) is 13.8 Å². The van der Waals surface area contributed by atoms with Crippen LogP contribution in [0.5, 0.6) is 0 Å². The van der Waals surface area contributed by atoms with Crippen LogP contribution in [0.4, 0.5) is 5.82 Å². The van der Waals surface area contributed by atoms with Crippen molar-refractivity contribution in [1.29, 1.82) is 0 Å². The minimum absolute atomic E-state index is 0.338. The molecule has 0 aliphatic carbocycles. The Morgan fingerprint density at radius 3 is 2.29 bits per heavy atom. The summed E-state index contributed by atoms with van der Waals surface area (Å²) in [5.74, 6) is 5.54. The Labute approximate surface area is 80.9 Å². The standard InChI is InChI=1S/C8H14N4O2/c1-3-11-6(10-9)5-7(13)12(4-2)8(11)14/h5,10H,3-4,9H2,1-2H3. The molecule has 0 fully saturated rings. The molecule has 6 heteroatoms. The van der Waals surface area contributed by atoms with Crippen LogP contribution in [-0.2, 0) is 13.1 Å². The van der Waals surface area contributed by atoms with Crippen LogP contribution in [0.25, 0.3) is 0 Å². The molecule has 1 aromatic heterocycles. The van der Waals surface area contributed by atoms with E-state index in [0.29, 0.717) is 18.9 Å². The van der Waals surface area contributed by atoms with E-state index in [2.05, 4.69) is 5.43 Å². The summed E-state index contributed by atoms with van der Waals surface area (Å²) in [5.41, 5.74) is 1.65. The molecule has 0 amide bonds. The highest BCUT2D eigenvalue weighted by Gasteiger charge is 2.07. The normalized spacial score (nSPS) is 10.2. The van der Waals surface area contributed by atoms with Gasteiger partial charge in [-0.2, -0.15) is 0 Å². The first-order chi connectivity index (χ1) is 6.65. The van der Waals surface area contributed by atoms with Crippen molar-refractivity contribution in [2.24, 2.45) is 5.84 Å². The number of hydrogen-bond donors (Lipinski definition) is 2. The van der Waals surface area contributed by atoms with Gasteiger partial charge >= 0.3 is 5.69 Å². The molecule has 0 saturated carbocycles. The van der Waals surface area contributed by atoms with Crippen LogP contribution in [0.15, 0.2) is 15.7 Å². The second-order valence-corrected chi connectivity index (χ2v) is 2.78. The molecule has 0 bridgehead atoms. The molecule has 6 nitrogen and oxygen atoms in total. The van der Waals surface area contributed by atoms with E-state index in [1.165, 1.54) is 10.6 Å². The van der Waals surface area contributed by atoms with Crippen molar-refractivity contribution in [2.45, 2.75) is 26.9 Å². The number of rotatable bonds is 3. The number of nitrogens with zero attached hydrogens (tertiary/aromatic N) is 2. The molecular formula is C8H14N4O2. The molecule has 0 spiro atoms. The average molecular weight is 198 g/mol. The molecule has 0 atom stereocenters. The summed E-state index contributed by atoms with van der Waals surface area (Å²) in [6.07, 6.45) is 0. The van der Waals surface area contributed by atoms with Crippen molar-refractivity contribution >= 4 is 5.82 Å². The minimum Gasteiger partial charge on any atom is -0.310 e. The maximum atomic E-state index is 11.7. The summed E-state index contributed by atoms with van der Waals surface area (Å²) >= 11 is 0. The van der Waals surface area contributed by atoms with Gasteiger partial charge in [-0.1, -0.05) is 0 Å². The third-order valence-electron chi connectivity index (χ3n) is 2.06. The maximum Gasteiger partial charge on any atom is 0.332 e. The smallest absolute Gasteiger partial charge is 0.310 e. The number of anilines is 1. The molecule has 0 aliphatic heterocycles. The van der Waals surface area contributed by atoms with Crippen molar-refractivity contribution in [3.8, 4) is 0 Å². The summed E-state index contributed by atoms with van der Waals surface area (Å²) in [4.78, 5) is 23.0. The fourth-order valence-electron chi connectivity index (χ4n) is 1.33. The molecule has 14 heavy (non-hydrogen) atoms. The lowest BCUT2D eigenvalue weighted by molar-refractivity contribution is 0.592. The number of nitrogens with two attached hydrogens (primary N) is 1. The Balaban J connectivity index is 3.56. The molecule has 1 rings (SSSR count). The fraction of sp³-hybridized carbons (Fsp3) is 0.500. The highest BCUT2D eigenvalue weighted by atomic mass is 16.2. The molecule has 0 aliphatic rings. The molecule has 0 radical (unpaired) electrons. The van der Waals surface area contributed by atoms with Gasteiger partial charge in [0.05, 0.1) is 0 Å². The van der Waals surface area contributed by atoms with Gasteiger partial charge in [0, 0.05) is 19.2 Å². The summed E-state index contributed by atoms with van der Waals surface area (Å²) in [6, 6.07) is 1.31. The van der Waals surface area contributed by atoms with Gasteiger partial charge in [-0.3, -0.25) is 13.9 Å². The van der Waals surface area contributed by atoms with E-state index in [1.54, 1.807) is 6.92 Å². The maximum absolute atomic E-state index is 11.7. The zero-order valence-corrected chi connectivity index (χ0v) is 8.28. The third-order valence-corrected chi connectivity index (χ3v) is 2.06. The number of hydrogen-bond acceptors (Lipinski definition) is 4. The second kappa shape index (κ2) is 4.10. The van der Waals surface area contributed by atoms with E-state index in [4.69, 9.17) is 5.84 Å². The zero-order valence-electron chi connectivity index (χ0n) is 8.28. The van der Waals surface area contributed by atoms with Crippen molar-refractivity contribution < 1.29 is 0 Å². The summed E-state index contributed by atoms with van der Waals surface area (Å²) in [5, 5.41) is 0. The first kappa shape index (κ1) is 10.5. The number of aromatic nitrogens is 2. The number of nitrogens with one attached hydrogen (secondary N) is 1. The van der Waals surface area contributed by atoms with Gasteiger partial charge in [0.2, 0.25) is 0 Å². The molecule has 3 N–H and O–H groups in total. The van der Waals surface area contributed by atoms with Crippen molar-refractivity contribution in [3.63, 3.8) is 0 Å². The molecule has 0 aromatic carbocycles. The van der Waals surface area contributed by atoms with Gasteiger partial charge in [0.25, 0.3) is 5.56 Å². The van der Waals surface area contributed by atoms with Gasteiger partial charge in [-0.25, -0.2) is 10.6 Å². The largest absolute Gasteiger partial charge is 0.332 e. The van der Waals surface area contributed by atoms with Crippen LogP contribution < -0.4 is 22.5 Å². The average Bonchev–Trinajstić information content (AvgIpc) is 2.17. The minimum atomic E-state index is -0.338. The molecule has 0 saturated heterocycles. The zero-order chi connectivity index (χ0) is 10.7. The predicted octanol–water partition coefficient (Wildman–Crippen LogP) is -0.665. The quantitative estimate of drug-likeness (QED) is 0.498. The van der Waals surface area contributed by atoms with Crippen LogP contribution >= 0.6 is 0 Å². The summed E-state index contributed by atoms with van der Waals surface area (Å²) in [6.45, 7) is 4.40. The Morgan fingerprint density at radius 2 is 1.86 bits per heavy atom. The predicted molar refractivity (Wildman–Crippen MR) is 54.1 cm³/mol. The SMILES string of the molecule is CCn1c(NN)cc(=O)n(CC)c1=O. The first-order valence-corrected chi connectivity index (χ1v) is 4.47. The van der Waals surface area contributed by atoms with Crippen LogP contribution in [0, 0.1) is 0 Å². The van der Waals surface area contributed by atoms with Crippen molar-refractivity contribution in [1.82, 2.24) is 9.13 Å². The Bertz CT molecular complexity index is 432. The van der Waals surface area contributed by atoms with Crippen LogP contribution in [-0.4, -0.2) is 9.13 Å². The van der Waals surface area contributed by atoms with Gasteiger partial charge in [0.1, 0.15) is 5.82 Å². The van der Waals surface area contributed by atoms with E-state index in [9.17, 15) is 9.59 Å². The Morgan fingerprint density at radius 1 is 1.29 bits per heavy atom. The number of nitrogen functional groups attached to an aromatic ring is 1. The van der Waals surface area contributed by atoms with Crippen molar-refractivity contribution in [3.05, 3.63) is 26.9 Å². The molecule has 1 aromatic rings. The van der Waals surface area contributed by atoms with Gasteiger partial charge in [0.15, 0.2) is 0 Å². The van der Waals surface area contributed by atoms with Crippen LogP contribution in [0.1, 0.15) is 13.8 Å². The fourth-order valence-corrected chi connectivity index (χ4v) is 1.33. The lowest BCUT2D eigenvalue weighted by atomic mass is 10.5. The molecular weight excluding hydrogens is 184 g/mol. The van der Waals surface area contributed by atoms with Gasteiger partial charge < -0.3 is 5.43 Å². The van der Waals surface area contributed by atoms with E-state index < -0.39 is 0 Å². The van der Waals surface area contributed by atoms with Crippen LogP contribution in [0.2, 0.25) is 0 Å². The van der Waals surface area contributed by atoms with Gasteiger partial charge in [-0.15, -0.1) is 0 Å². The molecule has 1 heterocycles. The Hall–Kier alpha value is -1.56. The topological polar surface area (TPSA) is 82.1 Å². The van der Waals surface area contributed by atoms with E-state index >= 15 is 0 Å². The monoisotopic (exact) mass is 198 g/mol. The Kier molecular flexibility index (Phi) is 3.08. The first-order valence-electron chi connectivity index (χ1n) is 4.47. The lowest BCUT2D eigenvalue weighted by Crippen LogP contribution is -2.40. The molecule has 0 unspecified atom stereocenters.